The first-order valence-corrected chi connectivity index (χ1v) is 6.23. The van der Waals surface area contributed by atoms with Gasteiger partial charge in [0.05, 0.1) is 15.7 Å². The van der Waals surface area contributed by atoms with Gasteiger partial charge in [-0.3, -0.25) is 4.79 Å². The molecule has 0 radical (unpaired) electrons. The summed E-state index contributed by atoms with van der Waals surface area (Å²) in [6.07, 6.45) is 0.463. The fourth-order valence-corrected chi connectivity index (χ4v) is 2.66. The molecule has 1 aliphatic rings. The molecule has 1 unspecified atom stereocenters. The van der Waals surface area contributed by atoms with Crippen LogP contribution in [-0.2, 0) is 4.79 Å². The van der Waals surface area contributed by atoms with E-state index >= 15 is 0 Å². The minimum absolute atomic E-state index is 0.0284. The SMILES string of the molecule is O=C1CC(CCl)CN1c1c(Cl)cccc1Cl. The predicted molar refractivity (Wildman–Crippen MR) is 67.6 cm³/mol. The Morgan fingerprint density at radius 2 is 1.94 bits per heavy atom. The molecule has 1 amide bonds. The number of hydrogen-bond acceptors (Lipinski definition) is 1. The van der Waals surface area contributed by atoms with Crippen LogP contribution in [0.3, 0.4) is 0 Å². The molecule has 1 atom stereocenters. The number of para-hydroxylation sites is 1. The number of halogens is 3. The van der Waals surface area contributed by atoms with E-state index in [4.69, 9.17) is 34.8 Å². The van der Waals surface area contributed by atoms with E-state index in [9.17, 15) is 4.79 Å². The average molecular weight is 279 g/mol. The summed E-state index contributed by atoms with van der Waals surface area (Å²) >= 11 is 17.9. The summed E-state index contributed by atoms with van der Waals surface area (Å²) in [6.45, 7) is 0.589. The van der Waals surface area contributed by atoms with Crippen LogP contribution in [0.2, 0.25) is 10.0 Å². The predicted octanol–water partition coefficient (Wildman–Crippen LogP) is 3.59. The second-order valence-electron chi connectivity index (χ2n) is 3.80. The summed E-state index contributed by atoms with van der Waals surface area (Å²) in [4.78, 5) is 13.4. The van der Waals surface area contributed by atoms with Crippen molar-refractivity contribution in [1.82, 2.24) is 0 Å². The van der Waals surface area contributed by atoms with Crippen molar-refractivity contribution in [2.75, 3.05) is 17.3 Å². The number of alkyl halides is 1. The lowest BCUT2D eigenvalue weighted by Gasteiger charge is -2.19. The van der Waals surface area contributed by atoms with Crippen molar-refractivity contribution in [3.63, 3.8) is 0 Å². The van der Waals surface area contributed by atoms with Gasteiger partial charge in [-0.25, -0.2) is 0 Å². The van der Waals surface area contributed by atoms with E-state index in [1.54, 1.807) is 23.1 Å². The van der Waals surface area contributed by atoms with Gasteiger partial charge in [-0.15, -0.1) is 11.6 Å². The molecule has 1 aromatic rings. The summed E-state index contributed by atoms with van der Waals surface area (Å²) in [5, 5.41) is 0.993. The van der Waals surface area contributed by atoms with Crippen LogP contribution in [0, 0.1) is 5.92 Å². The maximum absolute atomic E-state index is 11.8. The molecule has 2 rings (SSSR count). The number of carbonyl (C=O) groups is 1. The van der Waals surface area contributed by atoms with Gasteiger partial charge >= 0.3 is 0 Å². The Bertz CT molecular complexity index is 401. The van der Waals surface area contributed by atoms with Gasteiger partial charge in [-0.05, 0) is 18.1 Å². The highest BCUT2D eigenvalue weighted by molar-refractivity contribution is 6.40. The minimum atomic E-state index is 0.0284. The van der Waals surface area contributed by atoms with Crippen LogP contribution >= 0.6 is 34.8 Å². The Morgan fingerprint density at radius 1 is 1.31 bits per heavy atom. The second kappa shape index (κ2) is 4.82. The van der Waals surface area contributed by atoms with Crippen LogP contribution < -0.4 is 4.90 Å². The van der Waals surface area contributed by atoms with Crippen LogP contribution in [0.15, 0.2) is 18.2 Å². The van der Waals surface area contributed by atoms with Gasteiger partial charge in [0.1, 0.15) is 0 Å². The lowest BCUT2D eigenvalue weighted by atomic mass is 10.1. The monoisotopic (exact) mass is 277 g/mol. The normalized spacial score (nSPS) is 20.6. The first-order valence-electron chi connectivity index (χ1n) is 4.94. The summed E-state index contributed by atoms with van der Waals surface area (Å²) in [6, 6.07) is 5.21. The Labute approximate surface area is 109 Å². The number of anilines is 1. The van der Waals surface area contributed by atoms with E-state index < -0.39 is 0 Å². The zero-order chi connectivity index (χ0) is 11.7. The third kappa shape index (κ3) is 2.15. The van der Waals surface area contributed by atoms with E-state index in [0.717, 1.165) is 0 Å². The van der Waals surface area contributed by atoms with Crippen molar-refractivity contribution in [2.24, 2.45) is 5.92 Å². The van der Waals surface area contributed by atoms with E-state index in [-0.39, 0.29) is 11.8 Å². The van der Waals surface area contributed by atoms with Crippen LogP contribution in [0.5, 0.6) is 0 Å². The molecule has 0 N–H and O–H groups in total. The lowest BCUT2D eigenvalue weighted by molar-refractivity contribution is -0.117. The first-order chi connectivity index (χ1) is 7.63. The van der Waals surface area contributed by atoms with Gasteiger partial charge in [0, 0.05) is 18.8 Å². The molecule has 16 heavy (non-hydrogen) atoms. The van der Waals surface area contributed by atoms with Crippen molar-refractivity contribution in [2.45, 2.75) is 6.42 Å². The van der Waals surface area contributed by atoms with E-state index in [1.165, 1.54) is 0 Å². The maximum Gasteiger partial charge on any atom is 0.227 e. The first kappa shape index (κ1) is 12.0. The number of benzene rings is 1. The lowest BCUT2D eigenvalue weighted by Crippen LogP contribution is -2.25. The Morgan fingerprint density at radius 3 is 2.44 bits per heavy atom. The van der Waals surface area contributed by atoms with Crippen LogP contribution in [-0.4, -0.2) is 18.3 Å². The molecular formula is C11H10Cl3NO. The van der Waals surface area contributed by atoms with E-state index in [1.807, 2.05) is 0 Å². The summed E-state index contributed by atoms with van der Waals surface area (Å²) in [7, 11) is 0. The molecule has 1 fully saturated rings. The highest BCUT2D eigenvalue weighted by Crippen LogP contribution is 2.37. The molecule has 1 heterocycles. The third-order valence-corrected chi connectivity index (χ3v) is 3.68. The molecule has 1 aliphatic heterocycles. The second-order valence-corrected chi connectivity index (χ2v) is 4.92. The Hall–Kier alpha value is -0.440. The number of rotatable bonds is 2. The molecule has 2 nitrogen and oxygen atoms in total. The summed E-state index contributed by atoms with van der Waals surface area (Å²) < 4.78 is 0. The van der Waals surface area contributed by atoms with Crippen LogP contribution in [0.25, 0.3) is 0 Å². The van der Waals surface area contributed by atoms with Gasteiger partial charge in [0.25, 0.3) is 0 Å². The largest absolute Gasteiger partial charge is 0.309 e. The van der Waals surface area contributed by atoms with Gasteiger partial charge in [-0.1, -0.05) is 29.3 Å². The van der Waals surface area contributed by atoms with Crippen LogP contribution in [0.4, 0.5) is 5.69 Å². The average Bonchev–Trinajstić information content (AvgIpc) is 2.60. The fraction of sp³-hybridized carbons (Fsp3) is 0.364. The van der Waals surface area contributed by atoms with Crippen molar-refractivity contribution < 1.29 is 4.79 Å². The van der Waals surface area contributed by atoms with E-state index in [2.05, 4.69) is 0 Å². The Kier molecular flexibility index (Phi) is 3.63. The molecule has 0 spiro atoms. The molecule has 5 heteroatoms. The standard InChI is InChI=1S/C11H10Cl3NO/c12-5-7-4-10(16)15(6-7)11-8(13)2-1-3-9(11)14/h1-3,7H,4-6H2. The van der Waals surface area contributed by atoms with Gasteiger partial charge in [0.2, 0.25) is 5.91 Å². The molecule has 86 valence electrons. The van der Waals surface area contributed by atoms with Gasteiger partial charge in [-0.2, -0.15) is 0 Å². The maximum atomic E-state index is 11.8. The summed E-state index contributed by atoms with van der Waals surface area (Å²) in [5.74, 6) is 0.687. The smallest absolute Gasteiger partial charge is 0.227 e. The van der Waals surface area contributed by atoms with Gasteiger partial charge < -0.3 is 4.90 Å². The molecule has 0 saturated carbocycles. The third-order valence-electron chi connectivity index (χ3n) is 2.63. The molecule has 1 aromatic carbocycles. The highest BCUT2D eigenvalue weighted by Gasteiger charge is 2.32. The van der Waals surface area contributed by atoms with E-state index in [0.29, 0.717) is 34.6 Å². The molecular weight excluding hydrogens is 268 g/mol. The van der Waals surface area contributed by atoms with Crippen LogP contribution in [0.1, 0.15) is 6.42 Å². The Balaban J connectivity index is 2.35. The van der Waals surface area contributed by atoms with Crippen molar-refractivity contribution in [3.8, 4) is 0 Å². The molecule has 0 aliphatic carbocycles. The number of carbonyl (C=O) groups excluding carboxylic acids is 1. The number of nitrogens with zero attached hydrogens (tertiary/aromatic N) is 1. The molecule has 0 bridgehead atoms. The molecule has 1 saturated heterocycles. The zero-order valence-corrected chi connectivity index (χ0v) is 10.7. The fourth-order valence-electron chi connectivity index (χ4n) is 1.85. The highest BCUT2D eigenvalue weighted by atomic mass is 35.5. The van der Waals surface area contributed by atoms with Crippen molar-refractivity contribution in [1.29, 1.82) is 0 Å². The zero-order valence-electron chi connectivity index (χ0n) is 8.42. The van der Waals surface area contributed by atoms with Crippen molar-refractivity contribution >= 4 is 46.4 Å². The summed E-state index contributed by atoms with van der Waals surface area (Å²) in [5.41, 5.74) is 0.600. The molecule has 0 aromatic heterocycles. The van der Waals surface area contributed by atoms with Gasteiger partial charge in [0.15, 0.2) is 0 Å². The topological polar surface area (TPSA) is 20.3 Å². The quantitative estimate of drug-likeness (QED) is 0.757. The van der Waals surface area contributed by atoms with Crippen molar-refractivity contribution in [3.05, 3.63) is 28.2 Å². The number of amides is 1. The number of hydrogen-bond donors (Lipinski definition) is 0. The minimum Gasteiger partial charge on any atom is -0.309 e.